The van der Waals surface area contributed by atoms with Crippen LogP contribution in [0.4, 0.5) is 24.5 Å². The highest BCUT2D eigenvalue weighted by Crippen LogP contribution is 2.50. The molecule has 1 unspecified atom stereocenters. The number of halogens is 3. The topological polar surface area (TPSA) is 116 Å². The average Bonchev–Trinajstić information content (AvgIpc) is 3.56. The van der Waals surface area contributed by atoms with E-state index in [2.05, 4.69) is 35.3 Å². The summed E-state index contributed by atoms with van der Waals surface area (Å²) in [6.07, 6.45) is 3.24. The smallest absolute Gasteiger partial charge is 0.323 e. The Morgan fingerprint density at radius 1 is 0.870 bits per heavy atom. The minimum absolute atomic E-state index is 0.00430. The molecule has 0 bridgehead atoms. The van der Waals surface area contributed by atoms with Gasteiger partial charge >= 0.3 is 5.92 Å². The second-order valence-electron chi connectivity index (χ2n) is 11.6. The maximum atomic E-state index is 16.1. The van der Waals surface area contributed by atoms with Gasteiger partial charge in [-0.1, -0.05) is 31.2 Å². The van der Waals surface area contributed by atoms with E-state index < -0.39 is 35.7 Å². The molecule has 10 nitrogen and oxygen atoms in total. The number of hydrogen-bond donors (Lipinski definition) is 2. The number of pyridine rings is 2. The number of benzene rings is 2. The number of tetrazole rings is 1. The molecule has 1 saturated heterocycles. The van der Waals surface area contributed by atoms with Gasteiger partial charge in [0.15, 0.2) is 11.4 Å². The monoisotopic (exact) mass is 628 g/mol. The van der Waals surface area contributed by atoms with Crippen LogP contribution >= 0.6 is 0 Å². The summed E-state index contributed by atoms with van der Waals surface area (Å²) in [5, 5.41) is 32.5. The Morgan fingerprint density at radius 2 is 1.57 bits per heavy atom. The molecule has 236 valence electrons. The summed E-state index contributed by atoms with van der Waals surface area (Å²) >= 11 is 0. The zero-order valence-corrected chi connectivity index (χ0v) is 24.9. The molecule has 0 saturated carbocycles. The van der Waals surface area contributed by atoms with Crippen LogP contribution in [-0.4, -0.2) is 66.6 Å². The van der Waals surface area contributed by atoms with E-state index in [-0.39, 0.29) is 17.0 Å². The molecule has 0 aliphatic carbocycles. The van der Waals surface area contributed by atoms with E-state index in [0.29, 0.717) is 17.7 Å². The lowest BCUT2D eigenvalue weighted by atomic mass is 9.80. The Hall–Kier alpha value is -4.88. The molecule has 3 aromatic heterocycles. The number of anilines is 2. The standard InChI is InChI=1S/C33H31F3N8O2/c1-2-29(45)28-11-9-25(19-37-28)43-15-13-42(14-16-43)24-7-3-21(4-8-24)22-5-12-30(38-18-22)33(35,36)32(46)20-44-31(39-40-41-44)26-17-23(34)6-10-27(26)32/h3-12,17-19,29,45-46H,2,13-16,20H2,1H3/t29?,32-/m0/s1. The maximum Gasteiger partial charge on any atom is 0.323 e. The summed E-state index contributed by atoms with van der Waals surface area (Å²) in [5.74, 6) is -4.42. The molecule has 2 aliphatic rings. The quantitative estimate of drug-likeness (QED) is 0.265. The zero-order valence-electron chi connectivity index (χ0n) is 24.9. The van der Waals surface area contributed by atoms with Crippen molar-refractivity contribution in [2.45, 2.75) is 37.5 Å². The van der Waals surface area contributed by atoms with Gasteiger partial charge in [-0.3, -0.25) is 9.97 Å². The molecule has 13 heteroatoms. The Kier molecular flexibility index (Phi) is 7.44. The minimum Gasteiger partial charge on any atom is -0.387 e. The first-order valence-corrected chi connectivity index (χ1v) is 15.1. The third-order valence-electron chi connectivity index (χ3n) is 8.89. The van der Waals surface area contributed by atoms with Crippen LogP contribution in [0.15, 0.2) is 79.1 Å². The Labute approximate surface area is 262 Å². The molecule has 2 aliphatic heterocycles. The van der Waals surface area contributed by atoms with E-state index in [9.17, 15) is 14.6 Å². The third kappa shape index (κ3) is 5.05. The molecular formula is C33H31F3N8O2. The highest BCUT2D eigenvalue weighted by molar-refractivity contribution is 5.67. The van der Waals surface area contributed by atoms with Gasteiger partial charge in [-0.05, 0) is 64.9 Å². The number of aliphatic hydroxyl groups is 2. The van der Waals surface area contributed by atoms with Crippen LogP contribution in [-0.2, 0) is 18.1 Å². The number of hydrogen-bond acceptors (Lipinski definition) is 9. The Morgan fingerprint density at radius 3 is 2.22 bits per heavy atom. The zero-order chi connectivity index (χ0) is 32.1. The first-order chi connectivity index (χ1) is 22.2. The van der Waals surface area contributed by atoms with Gasteiger partial charge < -0.3 is 20.0 Å². The van der Waals surface area contributed by atoms with Gasteiger partial charge in [0.1, 0.15) is 11.5 Å². The summed E-state index contributed by atoms with van der Waals surface area (Å²) in [6.45, 7) is 4.55. The lowest BCUT2D eigenvalue weighted by Crippen LogP contribution is -2.49. The van der Waals surface area contributed by atoms with Gasteiger partial charge in [-0.2, -0.15) is 8.78 Å². The molecule has 5 aromatic rings. The summed E-state index contributed by atoms with van der Waals surface area (Å²) in [6, 6.07) is 17.7. The van der Waals surface area contributed by atoms with Crippen LogP contribution in [0.3, 0.4) is 0 Å². The molecule has 7 rings (SSSR count). The van der Waals surface area contributed by atoms with E-state index in [0.717, 1.165) is 66.0 Å². The molecule has 0 spiro atoms. The third-order valence-corrected chi connectivity index (χ3v) is 8.89. The van der Waals surface area contributed by atoms with Crippen molar-refractivity contribution in [3.05, 3.63) is 102 Å². The first-order valence-electron chi connectivity index (χ1n) is 15.1. The lowest BCUT2D eigenvalue weighted by Gasteiger charge is -2.39. The Bertz CT molecular complexity index is 1840. The van der Waals surface area contributed by atoms with Gasteiger partial charge in [0.25, 0.3) is 0 Å². The predicted octanol–water partition coefficient (Wildman–Crippen LogP) is 4.70. The van der Waals surface area contributed by atoms with Crippen molar-refractivity contribution < 1.29 is 23.4 Å². The summed E-state index contributed by atoms with van der Waals surface area (Å²) in [5.41, 5.74) is 0.620. The molecule has 2 N–H and O–H groups in total. The number of piperazine rings is 1. The second-order valence-corrected chi connectivity index (χ2v) is 11.6. The van der Waals surface area contributed by atoms with E-state index in [1.807, 2.05) is 49.5 Å². The van der Waals surface area contributed by atoms with Crippen molar-refractivity contribution in [2.75, 3.05) is 36.0 Å². The first kappa shape index (κ1) is 29.8. The number of fused-ring (bicyclic) bond motifs is 3. The van der Waals surface area contributed by atoms with Crippen molar-refractivity contribution >= 4 is 11.4 Å². The highest BCUT2D eigenvalue weighted by Gasteiger charge is 2.59. The second kappa shape index (κ2) is 11.5. The van der Waals surface area contributed by atoms with E-state index in [4.69, 9.17) is 0 Å². The van der Waals surface area contributed by atoms with Crippen LogP contribution in [0.1, 0.15) is 36.4 Å². The molecule has 0 amide bonds. The summed E-state index contributed by atoms with van der Waals surface area (Å²) in [7, 11) is 0. The molecule has 1 fully saturated rings. The number of nitrogens with zero attached hydrogens (tertiary/aromatic N) is 8. The van der Waals surface area contributed by atoms with Crippen LogP contribution in [0.5, 0.6) is 0 Å². The fourth-order valence-electron chi connectivity index (χ4n) is 6.18. The van der Waals surface area contributed by atoms with Crippen molar-refractivity contribution in [2.24, 2.45) is 0 Å². The van der Waals surface area contributed by atoms with Crippen molar-refractivity contribution in [1.82, 2.24) is 30.2 Å². The Balaban J connectivity index is 1.04. The number of alkyl halides is 2. The van der Waals surface area contributed by atoms with Crippen molar-refractivity contribution in [3.8, 4) is 22.5 Å². The number of aromatic nitrogens is 6. The van der Waals surface area contributed by atoms with Gasteiger partial charge in [0, 0.05) is 54.8 Å². The predicted molar refractivity (Wildman–Crippen MR) is 165 cm³/mol. The number of rotatable bonds is 7. The molecule has 46 heavy (non-hydrogen) atoms. The lowest BCUT2D eigenvalue weighted by molar-refractivity contribution is -0.207. The van der Waals surface area contributed by atoms with Crippen LogP contribution in [0.25, 0.3) is 22.5 Å². The average molecular weight is 629 g/mol. The number of aliphatic hydroxyl groups excluding tert-OH is 1. The molecule has 2 atom stereocenters. The van der Waals surface area contributed by atoms with Gasteiger partial charge in [0.05, 0.1) is 30.2 Å². The summed E-state index contributed by atoms with van der Waals surface area (Å²) < 4.78 is 47.3. The fraction of sp³-hybridized carbons (Fsp3) is 0.303. The highest BCUT2D eigenvalue weighted by atomic mass is 19.3. The van der Waals surface area contributed by atoms with Gasteiger partial charge in [-0.25, -0.2) is 9.07 Å². The largest absolute Gasteiger partial charge is 0.387 e. The van der Waals surface area contributed by atoms with E-state index in [1.54, 1.807) is 6.07 Å². The van der Waals surface area contributed by atoms with Gasteiger partial charge in [0.2, 0.25) is 0 Å². The van der Waals surface area contributed by atoms with Crippen LogP contribution < -0.4 is 9.80 Å². The van der Waals surface area contributed by atoms with Crippen LogP contribution in [0.2, 0.25) is 0 Å². The van der Waals surface area contributed by atoms with Crippen molar-refractivity contribution in [1.29, 1.82) is 0 Å². The minimum atomic E-state index is -3.86. The fourth-order valence-corrected chi connectivity index (χ4v) is 6.18. The normalized spacial score (nSPS) is 18.7. The molecule has 0 radical (unpaired) electrons. The molecule has 2 aromatic carbocycles. The van der Waals surface area contributed by atoms with E-state index in [1.165, 1.54) is 12.3 Å². The molecule has 5 heterocycles. The summed E-state index contributed by atoms with van der Waals surface area (Å²) in [4.78, 5) is 13.0. The SMILES string of the molecule is CCC(O)c1ccc(N2CCN(c3ccc(-c4ccc(C(F)(F)[C@]5(O)Cn6nnnc6-c6cc(F)ccc65)nc4)cc3)CC2)cn1. The van der Waals surface area contributed by atoms with Crippen LogP contribution in [0, 0.1) is 5.82 Å². The maximum absolute atomic E-state index is 16.1. The van der Waals surface area contributed by atoms with Crippen molar-refractivity contribution in [3.63, 3.8) is 0 Å². The van der Waals surface area contributed by atoms with E-state index >= 15 is 8.78 Å². The van der Waals surface area contributed by atoms with Gasteiger partial charge in [-0.15, -0.1) is 5.10 Å². The molecular weight excluding hydrogens is 597 g/mol.